The number of hydrogen-bond donors (Lipinski definition) is 1. The molecule has 0 aromatic heterocycles. The zero-order valence-corrected chi connectivity index (χ0v) is 9.03. The maximum absolute atomic E-state index is 13.0. The van der Waals surface area contributed by atoms with E-state index in [0.29, 0.717) is 18.9 Å². The molecule has 1 aromatic rings. The van der Waals surface area contributed by atoms with Gasteiger partial charge in [0.15, 0.2) is 5.78 Å². The Labute approximate surface area is 93.2 Å². The third-order valence-corrected chi connectivity index (χ3v) is 1.96. The van der Waals surface area contributed by atoms with Crippen LogP contribution in [0.5, 0.6) is 5.75 Å². The lowest BCUT2D eigenvalue weighted by Gasteiger charge is -2.07. The molecule has 0 unspecified atom stereocenters. The van der Waals surface area contributed by atoms with Gasteiger partial charge in [0.05, 0.1) is 19.3 Å². The highest BCUT2D eigenvalue weighted by Crippen LogP contribution is 2.19. The topological polar surface area (TPSA) is 61.5 Å². The highest BCUT2D eigenvalue weighted by atomic mass is 19.1. The van der Waals surface area contributed by atoms with Gasteiger partial charge in [-0.2, -0.15) is 0 Å². The van der Waals surface area contributed by atoms with Crippen molar-refractivity contribution in [3.63, 3.8) is 0 Å². The number of rotatable bonds is 6. The largest absolute Gasteiger partial charge is 0.496 e. The molecule has 0 amide bonds. The Morgan fingerprint density at radius 1 is 1.50 bits per heavy atom. The molecular formula is C11H14FNO3. The van der Waals surface area contributed by atoms with Crippen LogP contribution in [0.15, 0.2) is 18.2 Å². The Morgan fingerprint density at radius 3 is 2.88 bits per heavy atom. The van der Waals surface area contributed by atoms with Gasteiger partial charge in [0, 0.05) is 6.54 Å². The Hall–Kier alpha value is -1.46. The molecule has 16 heavy (non-hydrogen) atoms. The first kappa shape index (κ1) is 12.6. The lowest BCUT2D eigenvalue weighted by atomic mass is 10.1. The van der Waals surface area contributed by atoms with Gasteiger partial charge in [-0.3, -0.25) is 4.79 Å². The van der Waals surface area contributed by atoms with E-state index >= 15 is 0 Å². The smallest absolute Gasteiger partial charge is 0.192 e. The Morgan fingerprint density at radius 2 is 2.25 bits per heavy atom. The fourth-order valence-electron chi connectivity index (χ4n) is 1.22. The molecule has 0 spiro atoms. The van der Waals surface area contributed by atoms with E-state index in [0.717, 1.165) is 6.07 Å². The lowest BCUT2D eigenvalue weighted by molar-refractivity contribution is 0.0771. The van der Waals surface area contributed by atoms with Crippen LogP contribution in [0.25, 0.3) is 0 Å². The number of methoxy groups -OCH3 is 1. The molecule has 0 bridgehead atoms. The van der Waals surface area contributed by atoms with Gasteiger partial charge >= 0.3 is 0 Å². The van der Waals surface area contributed by atoms with Crippen molar-refractivity contribution >= 4 is 5.78 Å². The van der Waals surface area contributed by atoms with Gasteiger partial charge in [-0.15, -0.1) is 0 Å². The van der Waals surface area contributed by atoms with Crippen molar-refractivity contribution in [1.82, 2.24) is 0 Å². The van der Waals surface area contributed by atoms with E-state index in [-0.39, 0.29) is 18.0 Å². The summed E-state index contributed by atoms with van der Waals surface area (Å²) in [5.41, 5.74) is 5.39. The van der Waals surface area contributed by atoms with Crippen LogP contribution in [0, 0.1) is 5.82 Å². The molecule has 0 fully saturated rings. The van der Waals surface area contributed by atoms with Gasteiger partial charge in [0.25, 0.3) is 0 Å². The Bertz CT molecular complexity index is 368. The summed E-state index contributed by atoms with van der Waals surface area (Å²) in [5.74, 6) is -0.476. The fourth-order valence-corrected chi connectivity index (χ4v) is 1.22. The van der Waals surface area contributed by atoms with E-state index in [4.69, 9.17) is 15.2 Å². The molecule has 88 valence electrons. The summed E-state index contributed by atoms with van der Waals surface area (Å²) in [6.07, 6.45) is 0. The summed E-state index contributed by atoms with van der Waals surface area (Å²) in [7, 11) is 1.42. The lowest BCUT2D eigenvalue weighted by Crippen LogP contribution is -2.15. The molecule has 1 rings (SSSR count). The summed E-state index contributed by atoms with van der Waals surface area (Å²) >= 11 is 0. The normalized spacial score (nSPS) is 10.2. The van der Waals surface area contributed by atoms with Crippen molar-refractivity contribution in [2.24, 2.45) is 5.73 Å². The van der Waals surface area contributed by atoms with Crippen LogP contribution in [0.3, 0.4) is 0 Å². The van der Waals surface area contributed by atoms with Crippen molar-refractivity contribution in [3.05, 3.63) is 29.6 Å². The monoisotopic (exact) mass is 227 g/mol. The zero-order chi connectivity index (χ0) is 12.0. The van der Waals surface area contributed by atoms with Crippen LogP contribution in [0.2, 0.25) is 0 Å². The van der Waals surface area contributed by atoms with Gasteiger partial charge in [-0.1, -0.05) is 0 Å². The molecule has 4 nitrogen and oxygen atoms in total. The van der Waals surface area contributed by atoms with Crippen molar-refractivity contribution < 1.29 is 18.7 Å². The van der Waals surface area contributed by atoms with Crippen molar-refractivity contribution in [2.45, 2.75) is 0 Å². The van der Waals surface area contributed by atoms with E-state index in [1.807, 2.05) is 0 Å². The molecule has 0 radical (unpaired) electrons. The number of benzene rings is 1. The van der Waals surface area contributed by atoms with Crippen LogP contribution < -0.4 is 10.5 Å². The molecule has 1 aromatic carbocycles. The van der Waals surface area contributed by atoms with E-state index in [1.54, 1.807) is 0 Å². The molecule has 5 heteroatoms. The van der Waals surface area contributed by atoms with Crippen LogP contribution in [0.4, 0.5) is 4.39 Å². The number of Topliss-reactive ketones (excluding diaryl/α,β-unsaturated/α-hetero) is 1. The summed E-state index contributed by atoms with van der Waals surface area (Å²) in [6.45, 7) is 0.508. The minimum Gasteiger partial charge on any atom is -0.496 e. The zero-order valence-electron chi connectivity index (χ0n) is 9.03. The molecule has 0 heterocycles. The quantitative estimate of drug-likeness (QED) is 0.581. The maximum Gasteiger partial charge on any atom is 0.192 e. The molecule has 0 atom stereocenters. The molecule has 0 saturated carbocycles. The van der Waals surface area contributed by atoms with E-state index in [1.165, 1.54) is 19.2 Å². The summed E-state index contributed by atoms with van der Waals surface area (Å²) < 4.78 is 22.9. The number of halogens is 1. The minimum absolute atomic E-state index is 0.128. The number of nitrogens with two attached hydrogens (primary N) is 1. The molecule has 2 N–H and O–H groups in total. The Balaban J connectivity index is 2.76. The molecule has 0 saturated heterocycles. The van der Waals surface area contributed by atoms with Gasteiger partial charge in [0.2, 0.25) is 0 Å². The highest BCUT2D eigenvalue weighted by molar-refractivity contribution is 5.99. The highest BCUT2D eigenvalue weighted by Gasteiger charge is 2.13. The summed E-state index contributed by atoms with van der Waals surface area (Å²) in [6, 6.07) is 3.77. The van der Waals surface area contributed by atoms with Crippen molar-refractivity contribution in [1.29, 1.82) is 0 Å². The first-order valence-corrected chi connectivity index (χ1v) is 4.83. The van der Waals surface area contributed by atoms with Crippen LogP contribution in [0.1, 0.15) is 10.4 Å². The second-order valence-electron chi connectivity index (χ2n) is 3.11. The molecule has 0 aliphatic heterocycles. The van der Waals surface area contributed by atoms with Crippen LogP contribution in [-0.4, -0.2) is 32.7 Å². The summed E-state index contributed by atoms with van der Waals surface area (Å²) in [5, 5.41) is 0. The average molecular weight is 227 g/mol. The third-order valence-electron chi connectivity index (χ3n) is 1.96. The second kappa shape index (κ2) is 6.19. The minimum atomic E-state index is -0.483. The second-order valence-corrected chi connectivity index (χ2v) is 3.11. The number of carbonyl (C=O) groups is 1. The van der Waals surface area contributed by atoms with Gasteiger partial charge in [-0.05, 0) is 18.2 Å². The molecule has 0 aliphatic rings. The number of ketones is 1. The van der Waals surface area contributed by atoms with E-state index < -0.39 is 5.82 Å². The first-order chi connectivity index (χ1) is 7.69. The Kier molecular flexibility index (Phi) is 4.88. The van der Waals surface area contributed by atoms with Crippen LogP contribution in [-0.2, 0) is 4.74 Å². The first-order valence-electron chi connectivity index (χ1n) is 4.83. The predicted molar refractivity (Wildman–Crippen MR) is 57.2 cm³/mol. The van der Waals surface area contributed by atoms with Crippen LogP contribution >= 0.6 is 0 Å². The summed E-state index contributed by atoms with van der Waals surface area (Å²) in [4.78, 5) is 11.6. The van der Waals surface area contributed by atoms with E-state index in [2.05, 4.69) is 0 Å². The van der Waals surface area contributed by atoms with Gasteiger partial charge < -0.3 is 15.2 Å². The average Bonchev–Trinajstić information content (AvgIpc) is 2.29. The fraction of sp³-hybridized carbons (Fsp3) is 0.364. The number of carbonyl (C=O) groups excluding carboxylic acids is 1. The van der Waals surface area contributed by atoms with Crippen molar-refractivity contribution in [2.75, 3.05) is 26.9 Å². The predicted octanol–water partition coefficient (Wildman–Crippen LogP) is 0.992. The maximum atomic E-state index is 13.0. The number of hydrogen-bond acceptors (Lipinski definition) is 4. The standard InChI is InChI=1S/C11H14FNO3/c1-15-11-3-2-8(12)6-9(11)10(14)7-16-5-4-13/h2-3,6H,4-5,7,13H2,1H3. The van der Waals surface area contributed by atoms with E-state index in [9.17, 15) is 9.18 Å². The molecular weight excluding hydrogens is 213 g/mol. The van der Waals surface area contributed by atoms with Gasteiger partial charge in [-0.25, -0.2) is 4.39 Å². The van der Waals surface area contributed by atoms with Gasteiger partial charge in [0.1, 0.15) is 18.2 Å². The number of ether oxygens (including phenoxy) is 2. The third kappa shape index (κ3) is 3.29. The van der Waals surface area contributed by atoms with Crippen molar-refractivity contribution in [3.8, 4) is 5.75 Å². The molecule has 0 aliphatic carbocycles. The SMILES string of the molecule is COc1ccc(F)cc1C(=O)COCCN.